The average molecular weight is 417 g/mol. The van der Waals surface area contributed by atoms with Gasteiger partial charge in [-0.25, -0.2) is 13.6 Å². The highest BCUT2D eigenvalue weighted by Gasteiger charge is 2.34. The van der Waals surface area contributed by atoms with Crippen molar-refractivity contribution in [2.75, 3.05) is 7.05 Å². The number of urea groups is 1. The van der Waals surface area contributed by atoms with E-state index in [1.165, 1.54) is 17.1 Å². The van der Waals surface area contributed by atoms with Crippen molar-refractivity contribution in [1.29, 1.82) is 5.26 Å². The van der Waals surface area contributed by atoms with Gasteiger partial charge in [-0.15, -0.1) is 0 Å². The molecule has 6 nitrogen and oxygen atoms in total. The third kappa shape index (κ3) is 3.85. The number of allylic oxidation sites excluding steroid dienone is 3. The van der Waals surface area contributed by atoms with Crippen LogP contribution in [0.5, 0.6) is 0 Å². The first-order chi connectivity index (χ1) is 14.9. The molecule has 2 aromatic carbocycles. The fraction of sp³-hybridized carbons (Fsp3) is 0.130. The SMILES string of the molecule is CC1=N/N2C(=O)N=C(c3ccc(C#N)cc3)N(C)C2/C=C(c2ccc(F)cc2F)/C=C\1. The topological polar surface area (TPSA) is 72.1 Å². The first-order valence-corrected chi connectivity index (χ1v) is 9.43. The smallest absolute Gasteiger partial charge is 0.333 e. The number of rotatable bonds is 2. The Morgan fingerprint density at radius 2 is 1.84 bits per heavy atom. The van der Waals surface area contributed by atoms with E-state index in [-0.39, 0.29) is 5.56 Å². The summed E-state index contributed by atoms with van der Waals surface area (Å²) in [5.41, 5.74) is 2.34. The van der Waals surface area contributed by atoms with Crippen molar-refractivity contribution in [3.05, 3.63) is 89.0 Å². The molecular formula is C23H17F2N5O. The molecule has 0 aromatic heterocycles. The summed E-state index contributed by atoms with van der Waals surface area (Å²) in [4.78, 5) is 18.7. The minimum Gasteiger partial charge on any atom is -0.333 e. The summed E-state index contributed by atoms with van der Waals surface area (Å²) in [5.74, 6) is -0.983. The van der Waals surface area contributed by atoms with Gasteiger partial charge in [-0.05, 0) is 61.0 Å². The number of hydrazone groups is 1. The zero-order valence-corrected chi connectivity index (χ0v) is 16.8. The number of halogens is 2. The van der Waals surface area contributed by atoms with Gasteiger partial charge in [0.15, 0.2) is 0 Å². The second-order valence-corrected chi connectivity index (χ2v) is 7.10. The number of hydrogen-bond acceptors (Lipinski definition) is 4. The fourth-order valence-electron chi connectivity index (χ4n) is 3.40. The molecule has 0 saturated carbocycles. The Hall–Kier alpha value is -4.12. The molecule has 1 unspecified atom stereocenters. The number of carbonyl (C=O) groups excluding carboxylic acids is 1. The zero-order valence-electron chi connectivity index (χ0n) is 16.8. The molecule has 8 heteroatoms. The molecule has 0 aliphatic carbocycles. The summed E-state index contributed by atoms with van der Waals surface area (Å²) in [6, 6.07) is 11.5. The maximum atomic E-state index is 14.5. The van der Waals surface area contributed by atoms with Crippen LogP contribution < -0.4 is 0 Å². The maximum Gasteiger partial charge on any atom is 0.368 e. The highest BCUT2D eigenvalue weighted by atomic mass is 19.1. The average Bonchev–Trinajstić information content (AvgIpc) is 2.74. The van der Waals surface area contributed by atoms with E-state index in [1.54, 1.807) is 61.4 Å². The van der Waals surface area contributed by atoms with Gasteiger partial charge in [0, 0.05) is 24.2 Å². The highest BCUT2D eigenvalue weighted by Crippen LogP contribution is 2.27. The normalized spacial score (nSPS) is 22.7. The van der Waals surface area contributed by atoms with Gasteiger partial charge in [0.05, 0.1) is 17.3 Å². The molecule has 2 aliphatic heterocycles. The van der Waals surface area contributed by atoms with Crippen LogP contribution in [0.4, 0.5) is 13.6 Å². The molecular weight excluding hydrogens is 400 g/mol. The molecule has 2 amide bonds. The third-order valence-electron chi connectivity index (χ3n) is 4.99. The van der Waals surface area contributed by atoms with E-state index in [0.717, 1.165) is 6.07 Å². The number of nitriles is 1. The summed E-state index contributed by atoms with van der Waals surface area (Å²) in [7, 11) is 1.74. The number of amidine groups is 1. The largest absolute Gasteiger partial charge is 0.368 e. The lowest BCUT2D eigenvalue weighted by Crippen LogP contribution is -2.52. The van der Waals surface area contributed by atoms with Crippen molar-refractivity contribution in [2.24, 2.45) is 10.1 Å². The van der Waals surface area contributed by atoms with Gasteiger partial charge in [0.25, 0.3) is 0 Å². The van der Waals surface area contributed by atoms with Gasteiger partial charge in [0.1, 0.15) is 23.6 Å². The first-order valence-electron chi connectivity index (χ1n) is 9.43. The summed E-state index contributed by atoms with van der Waals surface area (Å²) in [6.07, 6.45) is 4.31. The molecule has 2 heterocycles. The fourth-order valence-corrected chi connectivity index (χ4v) is 3.40. The first kappa shape index (κ1) is 20.2. The molecule has 0 N–H and O–H groups in total. The van der Waals surface area contributed by atoms with E-state index in [2.05, 4.69) is 10.1 Å². The Labute approximate surface area is 177 Å². The monoisotopic (exact) mass is 417 g/mol. The summed E-state index contributed by atoms with van der Waals surface area (Å²) in [5, 5.41) is 14.6. The van der Waals surface area contributed by atoms with E-state index < -0.39 is 23.8 Å². The van der Waals surface area contributed by atoms with Crippen LogP contribution in [0.25, 0.3) is 5.57 Å². The number of fused-ring (bicyclic) bond motifs is 1. The quantitative estimate of drug-likeness (QED) is 0.731. The van der Waals surface area contributed by atoms with Gasteiger partial charge in [-0.2, -0.15) is 20.4 Å². The Bertz CT molecular complexity index is 1220. The van der Waals surface area contributed by atoms with Crippen LogP contribution in [0.3, 0.4) is 0 Å². The predicted octanol–water partition coefficient (Wildman–Crippen LogP) is 4.31. The van der Waals surface area contributed by atoms with Gasteiger partial charge >= 0.3 is 6.03 Å². The molecule has 1 atom stereocenters. The van der Waals surface area contributed by atoms with Gasteiger partial charge in [-0.1, -0.05) is 6.08 Å². The Kier molecular flexibility index (Phi) is 5.17. The molecule has 154 valence electrons. The minimum absolute atomic E-state index is 0.204. The lowest BCUT2D eigenvalue weighted by Gasteiger charge is -2.38. The Balaban J connectivity index is 1.82. The number of nitrogens with zero attached hydrogens (tertiary/aromatic N) is 5. The maximum absolute atomic E-state index is 14.5. The predicted molar refractivity (Wildman–Crippen MR) is 113 cm³/mol. The third-order valence-corrected chi connectivity index (χ3v) is 4.99. The minimum atomic E-state index is -0.705. The van der Waals surface area contributed by atoms with Crippen molar-refractivity contribution >= 4 is 23.2 Å². The second kappa shape index (κ2) is 7.95. The van der Waals surface area contributed by atoms with Gasteiger partial charge in [-0.3, -0.25) is 0 Å². The van der Waals surface area contributed by atoms with E-state index in [1.807, 2.05) is 6.07 Å². The van der Waals surface area contributed by atoms with E-state index in [0.29, 0.717) is 28.2 Å². The Morgan fingerprint density at radius 3 is 2.52 bits per heavy atom. The molecule has 0 spiro atoms. The number of carbonyl (C=O) groups is 1. The Morgan fingerprint density at radius 1 is 1.10 bits per heavy atom. The van der Waals surface area contributed by atoms with Crippen LogP contribution in [0.2, 0.25) is 0 Å². The highest BCUT2D eigenvalue weighted by molar-refractivity contribution is 6.07. The molecule has 0 bridgehead atoms. The van der Waals surface area contributed by atoms with Crippen LogP contribution in [-0.2, 0) is 0 Å². The van der Waals surface area contributed by atoms with Gasteiger partial charge < -0.3 is 4.90 Å². The summed E-state index contributed by atoms with van der Waals surface area (Å²) >= 11 is 0. The number of aliphatic imine (C=N–C) groups is 1. The number of likely N-dealkylation sites (N-methyl/N-ethyl adjacent to an activating group) is 1. The van der Waals surface area contributed by atoms with Crippen LogP contribution in [0, 0.1) is 23.0 Å². The van der Waals surface area contributed by atoms with Gasteiger partial charge in [0.2, 0.25) is 0 Å². The van der Waals surface area contributed by atoms with Crippen molar-refractivity contribution in [3.63, 3.8) is 0 Å². The standard InChI is InChI=1S/C23H17F2N5O/c1-14-3-6-17(19-10-9-18(24)12-20(19)25)11-21-29(2)22(27-23(31)30(21)28-14)16-7-4-15(13-26)5-8-16/h3-12,21H,1-2H3/b6-3-,17-11-,28-14-. The number of benzene rings is 2. The van der Waals surface area contributed by atoms with Crippen molar-refractivity contribution in [2.45, 2.75) is 13.1 Å². The summed E-state index contributed by atoms with van der Waals surface area (Å²) in [6.45, 7) is 1.71. The van der Waals surface area contributed by atoms with Crippen LogP contribution >= 0.6 is 0 Å². The van der Waals surface area contributed by atoms with E-state index in [9.17, 15) is 13.6 Å². The number of amides is 2. The van der Waals surface area contributed by atoms with Crippen molar-refractivity contribution in [3.8, 4) is 6.07 Å². The van der Waals surface area contributed by atoms with E-state index in [4.69, 9.17) is 5.26 Å². The lowest BCUT2D eigenvalue weighted by molar-refractivity contribution is 0.150. The number of hydrogen-bond donors (Lipinski definition) is 0. The lowest BCUT2D eigenvalue weighted by atomic mass is 10.0. The molecule has 0 radical (unpaired) electrons. The second-order valence-electron chi connectivity index (χ2n) is 7.10. The molecule has 0 fully saturated rings. The molecule has 31 heavy (non-hydrogen) atoms. The van der Waals surface area contributed by atoms with Crippen molar-refractivity contribution < 1.29 is 13.6 Å². The van der Waals surface area contributed by atoms with Crippen LogP contribution in [-0.4, -0.2) is 40.7 Å². The van der Waals surface area contributed by atoms with Crippen LogP contribution in [0.1, 0.15) is 23.6 Å². The summed E-state index contributed by atoms with van der Waals surface area (Å²) < 4.78 is 27.9. The molecule has 2 aliphatic rings. The van der Waals surface area contributed by atoms with Crippen molar-refractivity contribution in [1.82, 2.24) is 9.91 Å². The zero-order chi connectivity index (χ0) is 22.1. The molecule has 4 rings (SSSR count). The van der Waals surface area contributed by atoms with E-state index >= 15 is 0 Å². The molecule has 0 saturated heterocycles. The molecule has 2 aromatic rings. The van der Waals surface area contributed by atoms with Crippen LogP contribution in [0.15, 0.2) is 70.8 Å².